The first-order valence-corrected chi connectivity index (χ1v) is 22.6. The zero-order chi connectivity index (χ0) is 18.4. The Hall–Kier alpha value is 0.828. The van der Waals surface area contributed by atoms with Gasteiger partial charge in [0, 0.05) is 32.3 Å². The molecule has 0 fully saturated rings. The summed E-state index contributed by atoms with van der Waals surface area (Å²) in [6.45, 7) is 33.1. The normalized spacial score (nSPS) is 16.1. The van der Waals surface area contributed by atoms with Gasteiger partial charge < -0.3 is 5.11 Å². The van der Waals surface area contributed by atoms with E-state index in [1.807, 2.05) is 13.8 Å². The minimum absolute atomic E-state index is 0.520. The summed E-state index contributed by atoms with van der Waals surface area (Å²) in [5, 5.41) is 10.3. The summed E-state index contributed by atoms with van der Waals surface area (Å²) in [6.07, 6.45) is 0.966. The van der Waals surface area contributed by atoms with Crippen molar-refractivity contribution in [3.63, 3.8) is 0 Å². The SMILES string of the molecule is CC(C)(O)CC[Si](C)(C)C([Si](C)(C)C)([Si](C)(C)C)[Si](C)(C)C. The molecule has 0 saturated heterocycles. The third kappa shape index (κ3) is 4.26. The van der Waals surface area contributed by atoms with Crippen molar-refractivity contribution < 1.29 is 5.11 Å². The van der Waals surface area contributed by atoms with Gasteiger partial charge in [-0.3, -0.25) is 0 Å². The molecule has 0 aromatic rings. The first-order chi connectivity index (χ1) is 9.21. The Morgan fingerprint density at radius 3 is 1.09 bits per heavy atom. The average Bonchev–Trinajstić information content (AvgIpc) is 2.05. The Labute approximate surface area is 145 Å². The molecule has 134 valence electrons. The van der Waals surface area contributed by atoms with Crippen molar-refractivity contribution in [3.05, 3.63) is 0 Å². The molecule has 0 aromatic carbocycles. The minimum Gasteiger partial charge on any atom is -0.390 e. The molecular formula is C17H44OSi4. The van der Waals surface area contributed by atoms with Crippen LogP contribution in [0.4, 0.5) is 0 Å². The second-order valence-corrected chi connectivity index (χ2v) is 35.5. The van der Waals surface area contributed by atoms with Crippen LogP contribution in [0.25, 0.3) is 0 Å². The lowest BCUT2D eigenvalue weighted by molar-refractivity contribution is 0.0760. The number of rotatable bonds is 7. The van der Waals surface area contributed by atoms with Gasteiger partial charge in [0.1, 0.15) is 0 Å². The van der Waals surface area contributed by atoms with Crippen molar-refractivity contribution in [2.45, 2.75) is 108 Å². The molecule has 0 radical (unpaired) electrons. The lowest BCUT2D eigenvalue weighted by atomic mass is 10.1. The van der Waals surface area contributed by atoms with Gasteiger partial charge in [0.2, 0.25) is 0 Å². The number of hydrogen-bond acceptors (Lipinski definition) is 1. The predicted molar refractivity (Wildman–Crippen MR) is 116 cm³/mol. The van der Waals surface area contributed by atoms with Crippen LogP contribution in [0.1, 0.15) is 20.3 Å². The molecule has 1 N–H and O–H groups in total. The highest BCUT2D eigenvalue weighted by atomic mass is 28.5. The Morgan fingerprint density at radius 2 is 0.909 bits per heavy atom. The second-order valence-electron chi connectivity index (χ2n) is 11.7. The molecule has 0 aromatic heterocycles. The largest absolute Gasteiger partial charge is 0.390 e. The van der Waals surface area contributed by atoms with Crippen LogP contribution in [-0.4, -0.2) is 43.0 Å². The molecule has 0 spiro atoms. The van der Waals surface area contributed by atoms with Gasteiger partial charge >= 0.3 is 0 Å². The number of aliphatic hydroxyl groups is 1. The summed E-state index contributed by atoms with van der Waals surface area (Å²) in [5.41, 5.74) is -0.520. The maximum absolute atomic E-state index is 10.3. The molecule has 0 aliphatic heterocycles. The molecule has 0 amide bonds. The molecule has 0 unspecified atom stereocenters. The number of hydrogen-bond donors (Lipinski definition) is 1. The molecule has 5 heteroatoms. The monoisotopic (exact) mass is 376 g/mol. The molecule has 0 rings (SSSR count). The second kappa shape index (κ2) is 6.28. The first-order valence-electron chi connectivity index (χ1n) is 8.93. The van der Waals surface area contributed by atoms with E-state index in [4.69, 9.17) is 0 Å². The molecule has 1 nitrogen and oxygen atoms in total. The third-order valence-electron chi connectivity index (χ3n) is 5.75. The predicted octanol–water partition coefficient (Wildman–Crippen LogP) is 6.23. The highest BCUT2D eigenvalue weighted by Gasteiger charge is 2.66. The maximum Gasteiger partial charge on any atom is 0.0589 e. The van der Waals surface area contributed by atoms with Gasteiger partial charge in [-0.15, -0.1) is 0 Å². The maximum atomic E-state index is 10.3. The molecule has 0 aliphatic carbocycles. The van der Waals surface area contributed by atoms with Crippen LogP contribution in [0.5, 0.6) is 0 Å². The van der Waals surface area contributed by atoms with E-state index >= 15 is 0 Å². The summed E-state index contributed by atoms with van der Waals surface area (Å²) in [4.78, 5) is 0. The van der Waals surface area contributed by atoms with E-state index < -0.39 is 37.9 Å². The van der Waals surface area contributed by atoms with Gasteiger partial charge in [0.15, 0.2) is 0 Å². The molecule has 0 atom stereocenters. The zero-order valence-corrected chi connectivity index (χ0v) is 21.9. The summed E-state index contributed by atoms with van der Waals surface area (Å²) in [7, 11) is -5.48. The van der Waals surface area contributed by atoms with Crippen molar-refractivity contribution in [1.82, 2.24) is 0 Å². The fraction of sp³-hybridized carbons (Fsp3) is 1.00. The quantitative estimate of drug-likeness (QED) is 0.522. The fourth-order valence-corrected chi connectivity index (χ4v) is 61.3. The van der Waals surface area contributed by atoms with Gasteiger partial charge in [0.05, 0.1) is 5.60 Å². The van der Waals surface area contributed by atoms with E-state index in [0.29, 0.717) is 3.91 Å². The molecule has 22 heavy (non-hydrogen) atoms. The van der Waals surface area contributed by atoms with Gasteiger partial charge in [-0.25, -0.2) is 0 Å². The molecular weight excluding hydrogens is 333 g/mol. The van der Waals surface area contributed by atoms with Crippen LogP contribution >= 0.6 is 0 Å². The van der Waals surface area contributed by atoms with Crippen LogP contribution < -0.4 is 0 Å². The Bertz CT molecular complexity index is 339. The summed E-state index contributed by atoms with van der Waals surface area (Å²) < 4.78 is 0.672. The molecule has 0 saturated carbocycles. The summed E-state index contributed by atoms with van der Waals surface area (Å²) >= 11 is 0. The first kappa shape index (κ1) is 22.8. The third-order valence-corrected chi connectivity index (χ3v) is 42.4. The van der Waals surface area contributed by atoms with Gasteiger partial charge in [-0.05, 0) is 24.2 Å². The van der Waals surface area contributed by atoms with Crippen molar-refractivity contribution in [2.24, 2.45) is 0 Å². The van der Waals surface area contributed by atoms with E-state index in [2.05, 4.69) is 72.0 Å². The Kier molecular flexibility index (Phi) is 6.52. The van der Waals surface area contributed by atoms with Crippen molar-refractivity contribution >= 4 is 32.3 Å². The lowest BCUT2D eigenvalue weighted by Crippen LogP contribution is -2.75. The summed E-state index contributed by atoms with van der Waals surface area (Å²) in [6, 6.07) is 1.27. The fourth-order valence-electron chi connectivity index (χ4n) is 7.23. The van der Waals surface area contributed by atoms with E-state index in [0.717, 1.165) is 6.42 Å². The standard InChI is InChI=1S/C17H44OSi4/c1-16(2,18)14-15-22(12,13)17(19(3,4)5,20(6,7)8)21(9,10)11/h18H,14-15H2,1-13H3. The van der Waals surface area contributed by atoms with Gasteiger partial charge in [-0.2, -0.15) is 0 Å². The van der Waals surface area contributed by atoms with Crippen LogP contribution in [0.3, 0.4) is 0 Å². The van der Waals surface area contributed by atoms with Crippen molar-refractivity contribution in [3.8, 4) is 0 Å². The van der Waals surface area contributed by atoms with Gasteiger partial charge in [0.25, 0.3) is 0 Å². The highest BCUT2D eigenvalue weighted by Crippen LogP contribution is 2.61. The minimum atomic E-state index is -1.47. The molecule has 0 bridgehead atoms. The van der Waals surface area contributed by atoms with Crippen LogP contribution in [0, 0.1) is 0 Å². The molecule has 0 aliphatic rings. The van der Waals surface area contributed by atoms with Gasteiger partial charge in [-0.1, -0.05) is 78.1 Å². The van der Waals surface area contributed by atoms with E-state index in [1.54, 1.807) is 0 Å². The summed E-state index contributed by atoms with van der Waals surface area (Å²) in [5.74, 6) is 0. The van der Waals surface area contributed by atoms with Crippen molar-refractivity contribution in [2.75, 3.05) is 0 Å². The van der Waals surface area contributed by atoms with Crippen LogP contribution in [-0.2, 0) is 0 Å². The highest BCUT2D eigenvalue weighted by molar-refractivity contribution is 7.29. The van der Waals surface area contributed by atoms with Crippen LogP contribution in [0.2, 0.25) is 82.0 Å². The van der Waals surface area contributed by atoms with E-state index in [-0.39, 0.29) is 0 Å². The zero-order valence-electron chi connectivity index (χ0n) is 17.9. The molecule has 0 heterocycles. The van der Waals surface area contributed by atoms with Crippen molar-refractivity contribution in [1.29, 1.82) is 0 Å². The topological polar surface area (TPSA) is 20.2 Å². The average molecular weight is 377 g/mol. The Balaban J connectivity index is 6.31. The van der Waals surface area contributed by atoms with Crippen LogP contribution in [0.15, 0.2) is 0 Å². The van der Waals surface area contributed by atoms with E-state index in [1.165, 1.54) is 6.04 Å². The Morgan fingerprint density at radius 1 is 0.636 bits per heavy atom. The smallest absolute Gasteiger partial charge is 0.0589 e. The lowest BCUT2D eigenvalue weighted by Gasteiger charge is -2.66. The van der Waals surface area contributed by atoms with E-state index in [9.17, 15) is 5.11 Å².